The fourth-order valence-electron chi connectivity index (χ4n) is 3.55. The van der Waals surface area contributed by atoms with Crippen molar-refractivity contribution in [2.75, 3.05) is 13.1 Å². The van der Waals surface area contributed by atoms with Crippen molar-refractivity contribution in [3.05, 3.63) is 35.4 Å². The number of benzene rings is 1. The van der Waals surface area contributed by atoms with Crippen LogP contribution in [0, 0.1) is 5.92 Å². The molecule has 0 saturated heterocycles. The zero-order chi connectivity index (χ0) is 14.7. The summed E-state index contributed by atoms with van der Waals surface area (Å²) >= 11 is 0. The smallest absolute Gasteiger partial charge is 0.241 e. The number of halogens is 1. The van der Waals surface area contributed by atoms with E-state index in [4.69, 9.17) is 0 Å². The van der Waals surface area contributed by atoms with E-state index in [1.165, 1.54) is 18.4 Å². The van der Waals surface area contributed by atoms with Crippen molar-refractivity contribution in [2.24, 2.45) is 5.92 Å². The number of hydrogen-bond acceptors (Lipinski definition) is 3. The van der Waals surface area contributed by atoms with Crippen LogP contribution in [0.2, 0.25) is 0 Å². The first-order chi connectivity index (χ1) is 10.3. The Hall–Kier alpha value is -1.10. The lowest BCUT2D eigenvalue weighted by Crippen LogP contribution is -2.44. The number of aliphatic hydroxyl groups excluding tert-OH is 1. The maximum Gasteiger partial charge on any atom is 0.241 e. The van der Waals surface area contributed by atoms with Gasteiger partial charge in [0, 0.05) is 13.1 Å². The Bertz CT molecular complexity index is 503. The van der Waals surface area contributed by atoms with Crippen LogP contribution in [-0.4, -0.2) is 30.2 Å². The van der Waals surface area contributed by atoms with Gasteiger partial charge in [0.15, 0.2) is 0 Å². The van der Waals surface area contributed by atoms with Crippen LogP contribution in [-0.2, 0) is 11.2 Å². The lowest BCUT2D eigenvalue weighted by atomic mass is 9.93. The molecule has 3 N–H and O–H groups in total. The molecule has 4 nitrogen and oxygen atoms in total. The predicted molar refractivity (Wildman–Crippen MR) is 89.1 cm³/mol. The second-order valence-corrected chi connectivity index (χ2v) is 6.19. The van der Waals surface area contributed by atoms with Crippen molar-refractivity contribution in [1.82, 2.24) is 10.6 Å². The molecule has 1 aliphatic heterocycles. The van der Waals surface area contributed by atoms with E-state index in [1.54, 1.807) is 0 Å². The van der Waals surface area contributed by atoms with E-state index < -0.39 is 6.10 Å². The molecule has 22 heavy (non-hydrogen) atoms. The summed E-state index contributed by atoms with van der Waals surface area (Å²) in [6, 6.07) is 7.80. The van der Waals surface area contributed by atoms with Crippen LogP contribution in [0.25, 0.3) is 0 Å². The van der Waals surface area contributed by atoms with Gasteiger partial charge in [-0.05, 0) is 36.3 Å². The minimum Gasteiger partial charge on any atom is -0.391 e. The van der Waals surface area contributed by atoms with Crippen LogP contribution in [0.4, 0.5) is 0 Å². The fourth-order valence-corrected chi connectivity index (χ4v) is 3.55. The molecule has 1 aromatic carbocycles. The predicted octanol–water partition coefficient (Wildman–Crippen LogP) is 1.96. The summed E-state index contributed by atoms with van der Waals surface area (Å²) in [5.74, 6) is 0.330. The minimum absolute atomic E-state index is 0. The third-order valence-electron chi connectivity index (χ3n) is 4.80. The molecular formula is C17H25ClN2O2. The molecule has 2 unspecified atom stereocenters. The molecule has 122 valence electrons. The summed E-state index contributed by atoms with van der Waals surface area (Å²) in [4.78, 5) is 12.4. The number of carbonyl (C=O) groups excluding carboxylic acids is 1. The van der Waals surface area contributed by atoms with Gasteiger partial charge in [0.1, 0.15) is 6.04 Å². The van der Waals surface area contributed by atoms with E-state index in [0.29, 0.717) is 12.5 Å². The number of fused-ring (bicyclic) bond motifs is 1. The summed E-state index contributed by atoms with van der Waals surface area (Å²) in [6.45, 7) is 1.18. The summed E-state index contributed by atoms with van der Waals surface area (Å²) in [7, 11) is 0. The SMILES string of the molecule is Cl.O=C(NCC(O)C1CCCC1)C1NCCc2ccccc21. The molecule has 5 heteroatoms. The van der Waals surface area contributed by atoms with Gasteiger partial charge in [0.25, 0.3) is 0 Å². The zero-order valence-corrected chi connectivity index (χ0v) is 13.6. The summed E-state index contributed by atoms with van der Waals surface area (Å²) in [5, 5.41) is 16.3. The van der Waals surface area contributed by atoms with Crippen LogP contribution in [0.5, 0.6) is 0 Å². The van der Waals surface area contributed by atoms with E-state index in [2.05, 4.69) is 16.7 Å². The lowest BCUT2D eigenvalue weighted by molar-refractivity contribution is -0.124. The highest BCUT2D eigenvalue weighted by Gasteiger charge is 2.28. The van der Waals surface area contributed by atoms with Crippen LogP contribution in [0.1, 0.15) is 42.9 Å². The monoisotopic (exact) mass is 324 g/mol. The first-order valence-electron chi connectivity index (χ1n) is 8.02. The maximum atomic E-state index is 12.4. The van der Waals surface area contributed by atoms with Crippen molar-refractivity contribution in [1.29, 1.82) is 0 Å². The Morgan fingerprint density at radius 3 is 2.82 bits per heavy atom. The van der Waals surface area contributed by atoms with Gasteiger partial charge in [0.05, 0.1) is 6.10 Å². The molecule has 2 atom stereocenters. The van der Waals surface area contributed by atoms with Gasteiger partial charge in [-0.2, -0.15) is 0 Å². The first kappa shape index (κ1) is 17.3. The highest BCUT2D eigenvalue weighted by Crippen LogP contribution is 2.27. The fraction of sp³-hybridized carbons (Fsp3) is 0.588. The van der Waals surface area contributed by atoms with Crippen LogP contribution >= 0.6 is 12.4 Å². The number of rotatable bonds is 4. The summed E-state index contributed by atoms with van der Waals surface area (Å²) in [6.07, 6.45) is 5.13. The number of nitrogens with one attached hydrogen (secondary N) is 2. The number of hydrogen-bond donors (Lipinski definition) is 3. The van der Waals surface area contributed by atoms with Gasteiger partial charge in [-0.3, -0.25) is 4.79 Å². The standard InChI is InChI=1S/C17H24N2O2.ClH/c20-15(13-6-1-2-7-13)11-19-17(21)16-14-8-4-3-5-12(14)9-10-18-16;/h3-5,8,13,15-16,18,20H,1-2,6-7,9-11H2,(H,19,21);1H. The van der Waals surface area contributed by atoms with E-state index in [9.17, 15) is 9.90 Å². The average molecular weight is 325 g/mol. The first-order valence-corrected chi connectivity index (χ1v) is 8.02. The third-order valence-corrected chi connectivity index (χ3v) is 4.80. The van der Waals surface area contributed by atoms with Crippen molar-refractivity contribution in [3.8, 4) is 0 Å². The normalized spacial score (nSPS) is 22.5. The highest BCUT2D eigenvalue weighted by atomic mass is 35.5. The van der Waals surface area contributed by atoms with Crippen molar-refractivity contribution in [2.45, 2.75) is 44.2 Å². The maximum absolute atomic E-state index is 12.4. The van der Waals surface area contributed by atoms with Crippen molar-refractivity contribution in [3.63, 3.8) is 0 Å². The van der Waals surface area contributed by atoms with Gasteiger partial charge in [-0.25, -0.2) is 0 Å². The number of amides is 1. The van der Waals surface area contributed by atoms with Gasteiger partial charge >= 0.3 is 0 Å². The van der Waals surface area contributed by atoms with Gasteiger partial charge in [0.2, 0.25) is 5.91 Å². The van der Waals surface area contributed by atoms with Gasteiger partial charge < -0.3 is 15.7 Å². The quantitative estimate of drug-likeness (QED) is 0.793. The lowest BCUT2D eigenvalue weighted by Gasteiger charge is -2.27. The van der Waals surface area contributed by atoms with E-state index in [0.717, 1.165) is 31.4 Å². The Morgan fingerprint density at radius 1 is 1.32 bits per heavy atom. The van der Waals surface area contributed by atoms with Crippen LogP contribution in [0.15, 0.2) is 24.3 Å². The molecule has 1 aliphatic carbocycles. The van der Waals surface area contributed by atoms with Gasteiger partial charge in [-0.1, -0.05) is 37.1 Å². The van der Waals surface area contributed by atoms with E-state index >= 15 is 0 Å². The number of carbonyl (C=O) groups is 1. The van der Waals surface area contributed by atoms with Crippen molar-refractivity contribution >= 4 is 18.3 Å². The topological polar surface area (TPSA) is 61.4 Å². The molecule has 3 rings (SSSR count). The third kappa shape index (κ3) is 3.80. The summed E-state index contributed by atoms with van der Waals surface area (Å²) < 4.78 is 0. The second kappa shape index (κ2) is 7.95. The molecule has 2 aliphatic rings. The van der Waals surface area contributed by atoms with Crippen LogP contribution < -0.4 is 10.6 Å². The Morgan fingerprint density at radius 2 is 2.05 bits per heavy atom. The Kier molecular flexibility index (Phi) is 6.24. The van der Waals surface area contributed by atoms with E-state index in [-0.39, 0.29) is 24.4 Å². The number of aliphatic hydroxyl groups is 1. The molecule has 1 amide bonds. The average Bonchev–Trinajstić information content (AvgIpc) is 3.06. The van der Waals surface area contributed by atoms with Crippen LogP contribution in [0.3, 0.4) is 0 Å². The minimum atomic E-state index is -0.407. The van der Waals surface area contributed by atoms with E-state index in [1.807, 2.05) is 18.2 Å². The highest BCUT2D eigenvalue weighted by molar-refractivity contribution is 5.85. The molecule has 1 fully saturated rings. The largest absolute Gasteiger partial charge is 0.391 e. The molecule has 1 aromatic rings. The molecule has 0 spiro atoms. The molecule has 1 heterocycles. The van der Waals surface area contributed by atoms with Crippen molar-refractivity contribution < 1.29 is 9.90 Å². The zero-order valence-electron chi connectivity index (χ0n) is 12.8. The Labute approximate surface area is 138 Å². The second-order valence-electron chi connectivity index (χ2n) is 6.19. The molecule has 0 aromatic heterocycles. The Balaban J connectivity index is 0.00000176. The molecule has 1 saturated carbocycles. The molecule has 0 bridgehead atoms. The molecule has 0 radical (unpaired) electrons. The summed E-state index contributed by atoms with van der Waals surface area (Å²) in [5.41, 5.74) is 2.31. The van der Waals surface area contributed by atoms with Gasteiger partial charge in [-0.15, -0.1) is 12.4 Å². The molecular weight excluding hydrogens is 300 g/mol.